The molecule has 1 heterocycles. The van der Waals surface area contributed by atoms with Crippen LogP contribution in [0.1, 0.15) is 17.3 Å². The Morgan fingerprint density at radius 3 is 2.18 bits per heavy atom. The molecule has 2 aromatic rings. The Labute approximate surface area is 126 Å². The lowest BCUT2D eigenvalue weighted by atomic mass is 10.2. The molecular formula is C15H15N3O4. The average Bonchev–Trinajstić information content (AvgIpc) is 3.00. The number of furan rings is 1. The predicted octanol–water partition coefficient (Wildman–Crippen LogP) is 1.61. The van der Waals surface area contributed by atoms with Crippen LogP contribution in [0, 0.1) is 0 Å². The fraction of sp³-hybridized carbons (Fsp3) is 0.133. The molecule has 0 bridgehead atoms. The molecule has 114 valence electrons. The lowest BCUT2D eigenvalue weighted by Crippen LogP contribution is -2.32. The molecule has 0 unspecified atom stereocenters. The molecule has 0 fully saturated rings. The van der Waals surface area contributed by atoms with Crippen molar-refractivity contribution in [1.82, 2.24) is 5.32 Å². The number of amides is 3. The largest absolute Gasteiger partial charge is 0.472 e. The molecule has 7 nitrogen and oxygen atoms in total. The molecule has 0 saturated carbocycles. The highest BCUT2D eigenvalue weighted by molar-refractivity contribution is 5.99. The second-order valence-corrected chi connectivity index (χ2v) is 4.50. The van der Waals surface area contributed by atoms with Crippen molar-refractivity contribution in [2.75, 3.05) is 17.2 Å². The van der Waals surface area contributed by atoms with Gasteiger partial charge in [-0.1, -0.05) is 0 Å². The van der Waals surface area contributed by atoms with Gasteiger partial charge in [-0.3, -0.25) is 14.4 Å². The summed E-state index contributed by atoms with van der Waals surface area (Å²) in [7, 11) is 0. The van der Waals surface area contributed by atoms with Crippen molar-refractivity contribution in [3.8, 4) is 0 Å². The van der Waals surface area contributed by atoms with Crippen molar-refractivity contribution in [2.24, 2.45) is 0 Å². The number of carbonyl (C=O) groups is 3. The van der Waals surface area contributed by atoms with Crippen LogP contribution >= 0.6 is 0 Å². The van der Waals surface area contributed by atoms with Gasteiger partial charge < -0.3 is 20.4 Å². The van der Waals surface area contributed by atoms with Gasteiger partial charge in [-0.05, 0) is 30.3 Å². The van der Waals surface area contributed by atoms with E-state index in [4.69, 9.17) is 4.42 Å². The molecule has 0 atom stereocenters. The number of nitrogens with one attached hydrogen (secondary N) is 3. The third kappa shape index (κ3) is 4.48. The van der Waals surface area contributed by atoms with Gasteiger partial charge in [-0.25, -0.2) is 0 Å². The molecule has 3 N–H and O–H groups in total. The minimum absolute atomic E-state index is 0.155. The first-order chi connectivity index (χ1) is 10.5. The zero-order valence-electron chi connectivity index (χ0n) is 11.9. The molecule has 2 rings (SSSR count). The van der Waals surface area contributed by atoms with Gasteiger partial charge in [0.25, 0.3) is 5.91 Å². The molecule has 0 radical (unpaired) electrons. The van der Waals surface area contributed by atoms with E-state index in [1.54, 1.807) is 24.3 Å². The van der Waals surface area contributed by atoms with E-state index >= 15 is 0 Å². The predicted molar refractivity (Wildman–Crippen MR) is 80.4 cm³/mol. The van der Waals surface area contributed by atoms with Crippen LogP contribution in [0.15, 0.2) is 47.3 Å². The quantitative estimate of drug-likeness (QED) is 0.781. The van der Waals surface area contributed by atoms with Crippen LogP contribution in [-0.4, -0.2) is 24.3 Å². The summed E-state index contributed by atoms with van der Waals surface area (Å²) in [4.78, 5) is 34.2. The van der Waals surface area contributed by atoms with Crippen LogP contribution in [-0.2, 0) is 9.59 Å². The van der Waals surface area contributed by atoms with Gasteiger partial charge in [-0.2, -0.15) is 0 Å². The first kappa shape index (κ1) is 15.3. The maximum absolute atomic E-state index is 11.7. The maximum Gasteiger partial charge on any atom is 0.254 e. The van der Waals surface area contributed by atoms with Gasteiger partial charge in [0.2, 0.25) is 11.8 Å². The zero-order chi connectivity index (χ0) is 15.9. The topological polar surface area (TPSA) is 100 Å². The first-order valence-corrected chi connectivity index (χ1v) is 6.52. The molecule has 0 aliphatic carbocycles. The summed E-state index contributed by atoms with van der Waals surface area (Å²) in [5.41, 5.74) is 1.56. The second kappa shape index (κ2) is 7.07. The van der Waals surface area contributed by atoms with E-state index in [0.717, 1.165) is 0 Å². The number of anilines is 2. The Morgan fingerprint density at radius 2 is 1.64 bits per heavy atom. The molecular weight excluding hydrogens is 286 g/mol. The lowest BCUT2D eigenvalue weighted by Gasteiger charge is -2.07. The molecule has 0 aliphatic rings. The Hall–Kier alpha value is -3.09. The van der Waals surface area contributed by atoms with E-state index in [1.807, 2.05) is 0 Å². The van der Waals surface area contributed by atoms with Crippen molar-refractivity contribution in [3.63, 3.8) is 0 Å². The van der Waals surface area contributed by atoms with Crippen molar-refractivity contribution < 1.29 is 18.8 Å². The average molecular weight is 301 g/mol. The third-order valence-electron chi connectivity index (χ3n) is 2.68. The monoisotopic (exact) mass is 301 g/mol. The highest BCUT2D eigenvalue weighted by Gasteiger charge is 2.09. The summed E-state index contributed by atoms with van der Waals surface area (Å²) in [6.45, 7) is 1.26. The van der Waals surface area contributed by atoms with Crippen LogP contribution in [0.4, 0.5) is 11.4 Å². The normalized spacial score (nSPS) is 9.86. The summed E-state index contributed by atoms with van der Waals surface area (Å²) in [5.74, 6) is -0.909. The molecule has 0 aliphatic heterocycles. The third-order valence-corrected chi connectivity index (χ3v) is 2.68. The van der Waals surface area contributed by atoms with E-state index < -0.39 is 0 Å². The molecule has 7 heteroatoms. The first-order valence-electron chi connectivity index (χ1n) is 6.52. The summed E-state index contributed by atoms with van der Waals surface area (Å²) in [6.07, 6.45) is 2.68. The number of hydrogen-bond donors (Lipinski definition) is 3. The maximum atomic E-state index is 11.7. The highest BCUT2D eigenvalue weighted by Crippen LogP contribution is 2.13. The Kier molecular flexibility index (Phi) is 4.92. The molecule has 0 spiro atoms. The fourth-order valence-corrected chi connectivity index (χ4v) is 1.70. The van der Waals surface area contributed by atoms with Crippen molar-refractivity contribution in [3.05, 3.63) is 48.4 Å². The summed E-state index contributed by atoms with van der Waals surface area (Å²) in [6, 6.07) is 8.15. The van der Waals surface area contributed by atoms with E-state index in [1.165, 1.54) is 25.5 Å². The second-order valence-electron chi connectivity index (χ2n) is 4.50. The molecule has 1 aromatic heterocycles. The van der Waals surface area contributed by atoms with Gasteiger partial charge >= 0.3 is 0 Å². The fourth-order valence-electron chi connectivity index (χ4n) is 1.70. The van der Waals surface area contributed by atoms with Gasteiger partial charge in [0.05, 0.1) is 18.4 Å². The minimum Gasteiger partial charge on any atom is -0.472 e. The Balaban J connectivity index is 1.81. The van der Waals surface area contributed by atoms with Crippen molar-refractivity contribution in [2.45, 2.75) is 6.92 Å². The molecule has 22 heavy (non-hydrogen) atoms. The number of carbonyl (C=O) groups excluding carboxylic acids is 3. The highest BCUT2D eigenvalue weighted by atomic mass is 16.3. The van der Waals surface area contributed by atoms with Crippen LogP contribution in [0.3, 0.4) is 0 Å². The Morgan fingerprint density at radius 1 is 1.00 bits per heavy atom. The summed E-state index contributed by atoms with van der Waals surface area (Å²) >= 11 is 0. The van der Waals surface area contributed by atoms with Crippen LogP contribution < -0.4 is 16.0 Å². The SMILES string of the molecule is CC(=O)Nc1ccc(NC(=O)CNC(=O)c2ccoc2)cc1. The standard InChI is InChI=1S/C15H15N3O4/c1-10(19)17-12-2-4-13(5-3-12)18-14(20)8-16-15(21)11-6-7-22-9-11/h2-7,9H,8H2,1H3,(H,16,21)(H,17,19)(H,18,20). The van der Waals surface area contributed by atoms with Crippen molar-refractivity contribution in [1.29, 1.82) is 0 Å². The number of benzene rings is 1. The summed E-state index contributed by atoms with van der Waals surface area (Å²) < 4.78 is 4.79. The van der Waals surface area contributed by atoms with E-state index in [0.29, 0.717) is 16.9 Å². The number of rotatable bonds is 5. The zero-order valence-corrected chi connectivity index (χ0v) is 11.9. The van der Waals surface area contributed by atoms with Gasteiger partial charge in [-0.15, -0.1) is 0 Å². The minimum atomic E-state index is -0.384. The number of hydrogen-bond acceptors (Lipinski definition) is 4. The molecule has 3 amide bonds. The van der Waals surface area contributed by atoms with E-state index in [-0.39, 0.29) is 24.3 Å². The van der Waals surface area contributed by atoms with E-state index in [2.05, 4.69) is 16.0 Å². The summed E-state index contributed by atoms with van der Waals surface area (Å²) in [5, 5.41) is 7.73. The van der Waals surface area contributed by atoms with Crippen LogP contribution in [0.5, 0.6) is 0 Å². The van der Waals surface area contributed by atoms with Crippen LogP contribution in [0.25, 0.3) is 0 Å². The van der Waals surface area contributed by atoms with Crippen molar-refractivity contribution >= 4 is 29.1 Å². The van der Waals surface area contributed by atoms with E-state index in [9.17, 15) is 14.4 Å². The smallest absolute Gasteiger partial charge is 0.254 e. The van der Waals surface area contributed by atoms with Gasteiger partial charge in [0.15, 0.2) is 0 Å². The lowest BCUT2D eigenvalue weighted by molar-refractivity contribution is -0.115. The Bertz CT molecular complexity index is 663. The molecule has 1 aromatic carbocycles. The van der Waals surface area contributed by atoms with Crippen LogP contribution in [0.2, 0.25) is 0 Å². The van der Waals surface area contributed by atoms with Gasteiger partial charge in [0, 0.05) is 18.3 Å². The molecule has 0 saturated heterocycles. The van der Waals surface area contributed by atoms with Gasteiger partial charge in [0.1, 0.15) is 6.26 Å².